The number of aliphatic carboxylic acids is 2. The summed E-state index contributed by atoms with van der Waals surface area (Å²) in [6.45, 7) is 5.75. The van der Waals surface area contributed by atoms with Gasteiger partial charge in [0.25, 0.3) is 0 Å². The Morgan fingerprint density at radius 1 is 1.00 bits per heavy atom. The van der Waals surface area contributed by atoms with Gasteiger partial charge in [-0.15, -0.1) is 0 Å². The molecule has 1 aliphatic heterocycles. The van der Waals surface area contributed by atoms with Gasteiger partial charge in [-0.25, -0.2) is 14.6 Å². The number of hydrogen-bond acceptors (Lipinski definition) is 7. The van der Waals surface area contributed by atoms with Gasteiger partial charge in [0.1, 0.15) is 5.69 Å². The summed E-state index contributed by atoms with van der Waals surface area (Å²) in [5, 5.41) is 19.9. The number of aromatic nitrogens is 4. The van der Waals surface area contributed by atoms with E-state index in [0.717, 1.165) is 31.4 Å². The van der Waals surface area contributed by atoms with Crippen molar-refractivity contribution in [1.29, 1.82) is 0 Å². The van der Waals surface area contributed by atoms with Crippen molar-refractivity contribution in [3.8, 4) is 11.3 Å². The third-order valence-electron chi connectivity index (χ3n) is 5.94. The second-order valence-corrected chi connectivity index (χ2v) is 8.42. The van der Waals surface area contributed by atoms with E-state index >= 15 is 0 Å². The molecule has 3 heterocycles. The second kappa shape index (κ2) is 12.3. The maximum absolute atomic E-state index is 13.5. The van der Waals surface area contributed by atoms with E-state index in [-0.39, 0.29) is 11.3 Å². The molecule has 38 heavy (non-hydrogen) atoms. The second-order valence-electron chi connectivity index (χ2n) is 8.42. The zero-order valence-electron chi connectivity index (χ0n) is 20.8. The normalized spacial score (nSPS) is 14.3. The van der Waals surface area contributed by atoms with Crippen molar-refractivity contribution in [2.45, 2.75) is 19.6 Å². The summed E-state index contributed by atoms with van der Waals surface area (Å²) < 4.78 is 42.4. The summed E-state index contributed by atoms with van der Waals surface area (Å²) in [4.78, 5) is 32.1. The lowest BCUT2D eigenvalue weighted by molar-refractivity contribution is -0.137. The van der Waals surface area contributed by atoms with Crippen molar-refractivity contribution in [1.82, 2.24) is 24.6 Å². The van der Waals surface area contributed by atoms with Gasteiger partial charge in [0.05, 0.1) is 11.8 Å². The number of piperazine rings is 1. The fraction of sp³-hybridized carbons (Fsp3) is 0.320. The highest BCUT2D eigenvalue weighted by Crippen LogP contribution is 2.38. The van der Waals surface area contributed by atoms with E-state index < -0.39 is 23.7 Å². The number of anilines is 1. The number of carboxylic acids is 2. The minimum absolute atomic E-state index is 0.0570. The lowest BCUT2D eigenvalue weighted by Crippen LogP contribution is -2.46. The van der Waals surface area contributed by atoms with Gasteiger partial charge in [0.15, 0.2) is 5.82 Å². The van der Waals surface area contributed by atoms with E-state index in [1.807, 2.05) is 29.7 Å². The van der Waals surface area contributed by atoms with Gasteiger partial charge >= 0.3 is 18.1 Å². The molecular formula is C25H27F3N6O4. The molecule has 1 saturated heterocycles. The maximum Gasteiger partial charge on any atom is 0.417 e. The quantitative estimate of drug-likeness (QED) is 0.461. The summed E-state index contributed by atoms with van der Waals surface area (Å²) in [6.07, 6.45) is 1.51. The van der Waals surface area contributed by atoms with E-state index in [1.54, 1.807) is 6.07 Å². The Morgan fingerprint density at radius 2 is 1.61 bits per heavy atom. The standard InChI is InChI=1S/C21H23F3N6.C4H4O4/c1-15-16(13-27-28(15)2)14-29-9-11-30(12-10-29)20-19(25-7-8-26-20)17-5-3-4-6-18(17)21(22,23)24;5-3(6)1-2-4(7)8/h3-8,13H,9-12,14H2,1-2H3;1-2H,(H,5,6)(H,7,8)/b;2-1+. The molecule has 0 radical (unpaired) electrons. The number of hydrogen-bond donors (Lipinski definition) is 2. The molecular weight excluding hydrogens is 505 g/mol. The number of benzene rings is 1. The molecule has 1 aliphatic rings. The molecule has 3 aromatic rings. The Labute approximate surface area is 216 Å². The first-order chi connectivity index (χ1) is 18.0. The minimum Gasteiger partial charge on any atom is -0.478 e. The van der Waals surface area contributed by atoms with Crippen molar-refractivity contribution in [2.24, 2.45) is 7.05 Å². The third kappa shape index (κ3) is 7.38. The van der Waals surface area contributed by atoms with E-state index in [4.69, 9.17) is 10.2 Å². The largest absolute Gasteiger partial charge is 0.478 e. The summed E-state index contributed by atoms with van der Waals surface area (Å²) in [5.74, 6) is -2.02. The number of aryl methyl sites for hydroxylation is 1. The predicted octanol–water partition coefficient (Wildman–Crippen LogP) is 3.24. The molecule has 1 aromatic carbocycles. The van der Waals surface area contributed by atoms with Gasteiger partial charge < -0.3 is 15.1 Å². The highest BCUT2D eigenvalue weighted by molar-refractivity contribution is 5.89. The summed E-state index contributed by atoms with van der Waals surface area (Å²) in [6, 6.07) is 5.53. The molecule has 0 atom stereocenters. The van der Waals surface area contributed by atoms with Gasteiger partial charge in [-0.2, -0.15) is 18.3 Å². The molecule has 4 rings (SSSR count). The van der Waals surface area contributed by atoms with Gasteiger partial charge in [-0.3, -0.25) is 14.6 Å². The first-order valence-corrected chi connectivity index (χ1v) is 11.5. The van der Waals surface area contributed by atoms with Crippen molar-refractivity contribution < 1.29 is 33.0 Å². The Balaban J connectivity index is 0.000000436. The number of nitrogens with zero attached hydrogens (tertiary/aromatic N) is 6. The zero-order chi connectivity index (χ0) is 27.9. The molecule has 0 aliphatic carbocycles. The van der Waals surface area contributed by atoms with Crippen LogP contribution in [0, 0.1) is 6.92 Å². The maximum atomic E-state index is 13.5. The van der Waals surface area contributed by atoms with Crippen molar-refractivity contribution in [3.63, 3.8) is 0 Å². The molecule has 10 nitrogen and oxygen atoms in total. The van der Waals surface area contributed by atoms with Crippen LogP contribution in [0.1, 0.15) is 16.8 Å². The number of carbonyl (C=O) groups is 2. The molecule has 0 amide bonds. The van der Waals surface area contributed by atoms with Crippen molar-refractivity contribution >= 4 is 17.8 Å². The van der Waals surface area contributed by atoms with Gasteiger partial charge in [-0.05, 0) is 13.0 Å². The van der Waals surface area contributed by atoms with Crippen LogP contribution in [-0.2, 0) is 29.4 Å². The smallest absolute Gasteiger partial charge is 0.417 e. The number of carboxylic acid groups (broad SMARTS) is 2. The predicted molar refractivity (Wildman–Crippen MR) is 132 cm³/mol. The molecule has 2 N–H and O–H groups in total. The molecule has 0 unspecified atom stereocenters. The van der Waals surface area contributed by atoms with Crippen LogP contribution in [-0.4, -0.2) is 73.0 Å². The van der Waals surface area contributed by atoms with Crippen LogP contribution in [0.5, 0.6) is 0 Å². The SMILES string of the molecule is Cc1c(CN2CCN(c3nccnc3-c3ccccc3C(F)(F)F)CC2)cnn1C.O=C(O)/C=C/C(=O)O. The monoisotopic (exact) mass is 532 g/mol. The van der Waals surface area contributed by atoms with Gasteiger partial charge in [0, 0.05) is 81.1 Å². The van der Waals surface area contributed by atoms with Crippen LogP contribution < -0.4 is 4.90 Å². The van der Waals surface area contributed by atoms with Crippen molar-refractivity contribution in [2.75, 3.05) is 31.1 Å². The Hall–Kier alpha value is -4.26. The first-order valence-electron chi connectivity index (χ1n) is 11.5. The Morgan fingerprint density at radius 3 is 2.16 bits per heavy atom. The average Bonchev–Trinajstić information content (AvgIpc) is 3.20. The Bertz CT molecular complexity index is 1280. The highest BCUT2D eigenvalue weighted by Gasteiger charge is 2.35. The molecule has 1 fully saturated rings. The molecule has 0 spiro atoms. The van der Waals surface area contributed by atoms with Crippen molar-refractivity contribution in [3.05, 3.63) is 71.8 Å². The van der Waals surface area contributed by atoms with Crippen LogP contribution in [0.2, 0.25) is 0 Å². The fourth-order valence-electron chi connectivity index (χ4n) is 3.89. The molecule has 202 valence electrons. The third-order valence-corrected chi connectivity index (χ3v) is 5.94. The molecule has 0 saturated carbocycles. The summed E-state index contributed by atoms with van der Waals surface area (Å²) >= 11 is 0. The van der Waals surface area contributed by atoms with E-state index in [2.05, 4.69) is 20.0 Å². The van der Waals surface area contributed by atoms with Crippen LogP contribution in [0.15, 0.2) is 55.0 Å². The topological polar surface area (TPSA) is 125 Å². The fourth-order valence-corrected chi connectivity index (χ4v) is 3.89. The number of rotatable bonds is 6. The zero-order valence-corrected chi connectivity index (χ0v) is 20.8. The minimum atomic E-state index is -4.45. The lowest BCUT2D eigenvalue weighted by atomic mass is 10.0. The summed E-state index contributed by atoms with van der Waals surface area (Å²) in [5.41, 5.74) is 1.95. The molecule has 0 bridgehead atoms. The van der Waals surface area contributed by atoms with Crippen LogP contribution in [0.3, 0.4) is 0 Å². The first kappa shape index (κ1) is 28.3. The molecule has 2 aromatic heterocycles. The van der Waals surface area contributed by atoms with Crippen LogP contribution in [0.25, 0.3) is 11.3 Å². The van der Waals surface area contributed by atoms with Crippen LogP contribution >= 0.6 is 0 Å². The van der Waals surface area contributed by atoms with E-state index in [0.29, 0.717) is 31.1 Å². The van der Waals surface area contributed by atoms with Gasteiger partial charge in [-0.1, -0.05) is 18.2 Å². The average molecular weight is 533 g/mol. The lowest BCUT2D eigenvalue weighted by Gasteiger charge is -2.36. The highest BCUT2D eigenvalue weighted by atomic mass is 19.4. The van der Waals surface area contributed by atoms with E-state index in [9.17, 15) is 22.8 Å². The number of alkyl halides is 3. The Kier molecular flexibility index (Phi) is 9.18. The molecule has 13 heteroatoms. The van der Waals surface area contributed by atoms with E-state index in [1.165, 1.54) is 30.1 Å². The number of halogens is 3. The summed E-state index contributed by atoms with van der Waals surface area (Å²) in [7, 11) is 1.92. The van der Waals surface area contributed by atoms with Crippen LogP contribution in [0.4, 0.5) is 19.0 Å². The van der Waals surface area contributed by atoms with Gasteiger partial charge in [0.2, 0.25) is 0 Å².